The predicted molar refractivity (Wildman–Crippen MR) is 126 cm³/mol. The second kappa shape index (κ2) is 10.4. The van der Waals surface area contributed by atoms with E-state index in [9.17, 15) is 13.2 Å². The number of anilines is 2. The predicted octanol–water partition coefficient (Wildman–Crippen LogP) is 4.92. The third kappa shape index (κ3) is 5.55. The van der Waals surface area contributed by atoms with Gasteiger partial charge in [-0.25, -0.2) is 18.2 Å². The molecule has 2 aromatic carbocycles. The average Bonchev–Trinajstić information content (AvgIpc) is 2.82. The van der Waals surface area contributed by atoms with Crippen molar-refractivity contribution in [1.29, 1.82) is 0 Å². The number of fused-ring (bicyclic) bond motifs is 1. The Bertz CT molecular complexity index is 1100. The monoisotopic (exact) mass is 457 g/mol. The maximum absolute atomic E-state index is 13.8. The molecule has 33 heavy (non-hydrogen) atoms. The summed E-state index contributed by atoms with van der Waals surface area (Å²) in [6.45, 7) is 1.35. The van der Waals surface area contributed by atoms with Crippen molar-refractivity contribution >= 4 is 22.7 Å². The smallest absolute Gasteiger partial charge is 0.225 e. The Kier molecular flexibility index (Phi) is 7.33. The van der Waals surface area contributed by atoms with Crippen LogP contribution in [-0.4, -0.2) is 43.2 Å². The van der Waals surface area contributed by atoms with Gasteiger partial charge in [0.15, 0.2) is 17.5 Å². The number of nitrogens with one attached hydrogen (secondary N) is 2. The Morgan fingerprint density at radius 1 is 0.939 bits per heavy atom. The lowest BCUT2D eigenvalue weighted by Gasteiger charge is -2.29. The van der Waals surface area contributed by atoms with Gasteiger partial charge in [-0.05, 0) is 74.9 Å². The minimum Gasteiger partial charge on any atom is -0.362 e. The van der Waals surface area contributed by atoms with Crippen LogP contribution in [0.4, 0.5) is 24.9 Å². The second-order valence-corrected chi connectivity index (χ2v) is 8.93. The number of nitrogens with zero attached hydrogens (tertiary/aromatic N) is 3. The maximum Gasteiger partial charge on any atom is 0.225 e. The van der Waals surface area contributed by atoms with Crippen molar-refractivity contribution in [3.05, 3.63) is 59.4 Å². The van der Waals surface area contributed by atoms with Gasteiger partial charge in [0.2, 0.25) is 5.95 Å². The molecule has 5 nitrogen and oxygen atoms in total. The number of aromatic nitrogens is 2. The summed E-state index contributed by atoms with van der Waals surface area (Å²) in [7, 11) is 3.97. The highest BCUT2D eigenvalue weighted by molar-refractivity contribution is 5.90. The van der Waals surface area contributed by atoms with Gasteiger partial charge in [0.25, 0.3) is 0 Å². The lowest BCUT2D eigenvalue weighted by atomic mass is 9.86. The van der Waals surface area contributed by atoms with Crippen LogP contribution >= 0.6 is 0 Å². The van der Waals surface area contributed by atoms with E-state index in [1.807, 2.05) is 43.3 Å². The number of benzene rings is 2. The third-order valence-electron chi connectivity index (χ3n) is 6.31. The molecule has 0 spiro atoms. The van der Waals surface area contributed by atoms with E-state index in [1.165, 1.54) is 6.07 Å². The normalized spacial score (nSPS) is 18.5. The zero-order valence-corrected chi connectivity index (χ0v) is 19.0. The molecular weight excluding hydrogens is 427 g/mol. The fraction of sp³-hybridized carbons (Fsp3) is 0.440. The number of halogens is 3. The van der Waals surface area contributed by atoms with Crippen molar-refractivity contribution in [2.75, 3.05) is 37.4 Å². The van der Waals surface area contributed by atoms with Crippen LogP contribution in [0.5, 0.6) is 0 Å². The molecule has 2 N–H and O–H groups in total. The van der Waals surface area contributed by atoms with Crippen LogP contribution in [0.1, 0.15) is 31.2 Å². The van der Waals surface area contributed by atoms with Crippen molar-refractivity contribution in [1.82, 2.24) is 15.3 Å². The number of hydrogen-bond donors (Lipinski definition) is 2. The molecule has 0 radical (unpaired) electrons. The van der Waals surface area contributed by atoms with E-state index >= 15 is 0 Å². The van der Waals surface area contributed by atoms with Gasteiger partial charge < -0.3 is 15.5 Å². The van der Waals surface area contributed by atoms with Crippen LogP contribution in [0, 0.1) is 23.4 Å². The minimum atomic E-state index is -1.40. The molecule has 8 heteroatoms. The molecule has 0 saturated heterocycles. The zero-order valence-electron chi connectivity index (χ0n) is 19.0. The Morgan fingerprint density at radius 3 is 2.45 bits per heavy atom. The molecule has 1 fully saturated rings. The fourth-order valence-corrected chi connectivity index (χ4v) is 4.45. The highest BCUT2D eigenvalue weighted by Crippen LogP contribution is 2.28. The second-order valence-electron chi connectivity index (χ2n) is 8.93. The van der Waals surface area contributed by atoms with Crippen LogP contribution in [0.2, 0.25) is 0 Å². The summed E-state index contributed by atoms with van der Waals surface area (Å²) < 4.78 is 40.1. The van der Waals surface area contributed by atoms with Crippen LogP contribution < -0.4 is 15.5 Å². The molecule has 1 saturated carbocycles. The van der Waals surface area contributed by atoms with Crippen molar-refractivity contribution in [2.45, 2.75) is 38.1 Å². The number of para-hydroxylation sites is 1. The van der Waals surface area contributed by atoms with Crippen molar-refractivity contribution in [2.24, 2.45) is 5.92 Å². The highest BCUT2D eigenvalue weighted by Gasteiger charge is 2.22. The first-order valence-corrected chi connectivity index (χ1v) is 11.5. The van der Waals surface area contributed by atoms with Crippen LogP contribution in [0.25, 0.3) is 10.9 Å². The molecule has 1 aliphatic carbocycles. The Labute approximate surface area is 192 Å². The van der Waals surface area contributed by atoms with Crippen molar-refractivity contribution in [3.63, 3.8) is 0 Å². The van der Waals surface area contributed by atoms with Crippen LogP contribution in [0.15, 0.2) is 36.4 Å². The highest BCUT2D eigenvalue weighted by atomic mass is 19.2. The number of hydrogen-bond acceptors (Lipinski definition) is 5. The molecule has 0 unspecified atom stereocenters. The van der Waals surface area contributed by atoms with Crippen molar-refractivity contribution < 1.29 is 13.2 Å². The first kappa shape index (κ1) is 23.3. The lowest BCUT2D eigenvalue weighted by molar-refractivity contribution is 0.324. The van der Waals surface area contributed by atoms with Gasteiger partial charge in [-0.1, -0.05) is 18.2 Å². The summed E-state index contributed by atoms with van der Waals surface area (Å²) in [5.74, 6) is -1.54. The minimum absolute atomic E-state index is 0.196. The van der Waals surface area contributed by atoms with E-state index in [0.29, 0.717) is 30.9 Å². The summed E-state index contributed by atoms with van der Waals surface area (Å²) in [5, 5.41) is 7.89. The Balaban J connectivity index is 1.25. The first-order chi connectivity index (χ1) is 15.9. The summed E-state index contributed by atoms with van der Waals surface area (Å²) in [6.07, 6.45) is 4.51. The quantitative estimate of drug-likeness (QED) is 0.372. The topological polar surface area (TPSA) is 53.1 Å². The maximum atomic E-state index is 13.8. The van der Waals surface area contributed by atoms with Crippen molar-refractivity contribution in [3.8, 4) is 0 Å². The Morgan fingerprint density at radius 2 is 1.70 bits per heavy atom. The van der Waals surface area contributed by atoms with E-state index in [-0.39, 0.29) is 5.56 Å². The van der Waals surface area contributed by atoms with Gasteiger partial charge in [-0.15, -0.1) is 0 Å². The molecule has 3 aromatic rings. The molecule has 0 aliphatic heterocycles. The summed E-state index contributed by atoms with van der Waals surface area (Å²) in [4.78, 5) is 11.4. The molecule has 1 aromatic heterocycles. The fourth-order valence-electron chi connectivity index (χ4n) is 4.45. The summed E-state index contributed by atoms with van der Waals surface area (Å²) >= 11 is 0. The van der Waals surface area contributed by atoms with E-state index in [4.69, 9.17) is 9.97 Å². The van der Waals surface area contributed by atoms with Gasteiger partial charge in [0.05, 0.1) is 5.52 Å². The number of rotatable bonds is 8. The van der Waals surface area contributed by atoms with E-state index < -0.39 is 17.5 Å². The molecular formula is C25H30F3N5. The van der Waals surface area contributed by atoms with Gasteiger partial charge in [0, 0.05) is 25.5 Å². The molecule has 0 amide bonds. The molecule has 0 atom stereocenters. The molecule has 1 aliphatic rings. The van der Waals surface area contributed by atoms with E-state index in [1.54, 1.807) is 0 Å². The van der Waals surface area contributed by atoms with Gasteiger partial charge in [-0.3, -0.25) is 0 Å². The van der Waals surface area contributed by atoms with Crippen LogP contribution in [0.3, 0.4) is 0 Å². The van der Waals surface area contributed by atoms with Gasteiger partial charge in [0.1, 0.15) is 5.82 Å². The average molecular weight is 458 g/mol. The zero-order chi connectivity index (χ0) is 23.4. The Hall–Kier alpha value is -2.87. The summed E-state index contributed by atoms with van der Waals surface area (Å²) in [5.41, 5.74) is 1.12. The third-order valence-corrected chi connectivity index (χ3v) is 6.31. The SMILES string of the molecule is CN(C)c1nc(NC2CCC(CNCCc3ccc(F)c(F)c3F)CC2)nc2ccccc12. The van der Waals surface area contributed by atoms with E-state index in [0.717, 1.165) is 55.0 Å². The first-order valence-electron chi connectivity index (χ1n) is 11.5. The summed E-state index contributed by atoms with van der Waals surface area (Å²) in [6, 6.07) is 10.6. The molecule has 1 heterocycles. The lowest BCUT2D eigenvalue weighted by Crippen LogP contribution is -2.32. The van der Waals surface area contributed by atoms with Gasteiger partial charge >= 0.3 is 0 Å². The van der Waals surface area contributed by atoms with Gasteiger partial charge in [-0.2, -0.15) is 4.98 Å². The molecule has 0 bridgehead atoms. The van der Waals surface area contributed by atoms with E-state index in [2.05, 4.69) is 10.6 Å². The molecule has 176 valence electrons. The largest absolute Gasteiger partial charge is 0.362 e. The van der Waals surface area contributed by atoms with Crippen LogP contribution in [-0.2, 0) is 6.42 Å². The standard InChI is InChI=1S/C25H30F3N5/c1-33(2)24-19-5-3-4-6-21(19)31-25(32-24)30-18-10-7-16(8-11-18)15-29-14-13-17-9-12-20(26)23(28)22(17)27/h3-6,9,12,16,18,29H,7-8,10-11,13-15H2,1-2H3,(H,30,31,32). The molecule has 4 rings (SSSR count).